The number of thiophene rings is 1. The molecule has 11 heteroatoms. The van der Waals surface area contributed by atoms with Crippen LogP contribution < -0.4 is 15.9 Å². The molecule has 194 valence electrons. The van der Waals surface area contributed by atoms with E-state index in [1.54, 1.807) is 16.6 Å². The summed E-state index contributed by atoms with van der Waals surface area (Å²) < 4.78 is 0. The van der Waals surface area contributed by atoms with Crippen LogP contribution in [0.3, 0.4) is 0 Å². The van der Waals surface area contributed by atoms with Gasteiger partial charge in [0.1, 0.15) is 11.8 Å². The van der Waals surface area contributed by atoms with Gasteiger partial charge in [0.15, 0.2) is 5.13 Å². The highest BCUT2D eigenvalue weighted by atomic mass is 32.1. The topological polar surface area (TPSA) is 107 Å². The van der Waals surface area contributed by atoms with Gasteiger partial charge >= 0.3 is 0 Å². The summed E-state index contributed by atoms with van der Waals surface area (Å²) in [6, 6.07) is 13.3. The van der Waals surface area contributed by atoms with E-state index in [1.807, 2.05) is 59.3 Å². The first-order valence-corrected chi connectivity index (χ1v) is 14.0. The number of carbonyl (C=O) groups excluding carboxylic acids is 2. The molecule has 3 aromatic rings. The summed E-state index contributed by atoms with van der Waals surface area (Å²) in [5, 5.41) is 13.6. The second-order valence-corrected chi connectivity index (χ2v) is 10.8. The fraction of sp³-hybridized carbons (Fsp3) is 0.346. The maximum Gasteiger partial charge on any atom is 0.270 e. The number of amides is 2. The molecule has 1 saturated heterocycles. The number of rotatable bonds is 9. The first-order valence-electron chi connectivity index (χ1n) is 12.3. The van der Waals surface area contributed by atoms with E-state index < -0.39 is 5.54 Å². The molecule has 0 aliphatic carbocycles. The van der Waals surface area contributed by atoms with Gasteiger partial charge < -0.3 is 4.84 Å². The molecule has 0 spiro atoms. The Kier molecular flexibility index (Phi) is 7.96. The predicted molar refractivity (Wildman–Crippen MR) is 142 cm³/mol. The van der Waals surface area contributed by atoms with Gasteiger partial charge in [0.05, 0.1) is 16.6 Å². The molecular weight excluding hydrogens is 510 g/mol. The summed E-state index contributed by atoms with van der Waals surface area (Å²) in [4.78, 5) is 40.5. The van der Waals surface area contributed by atoms with Crippen LogP contribution in [-0.2, 0) is 15.2 Å². The van der Waals surface area contributed by atoms with Crippen molar-refractivity contribution in [1.29, 1.82) is 0 Å². The van der Waals surface area contributed by atoms with Crippen molar-refractivity contribution in [2.24, 2.45) is 0 Å². The molecule has 1 fully saturated rings. The average molecular weight is 540 g/mol. The molecule has 5 rings (SSSR count). The monoisotopic (exact) mass is 539 g/mol. The third kappa shape index (κ3) is 5.32. The van der Waals surface area contributed by atoms with Crippen molar-refractivity contribution in [1.82, 2.24) is 20.8 Å². The van der Waals surface area contributed by atoms with Crippen LogP contribution in [0.2, 0.25) is 0 Å². The van der Waals surface area contributed by atoms with Gasteiger partial charge in [-0.3, -0.25) is 24.6 Å². The SMILES string of the molecule is O=C(NO)C1CCCCN1CCCN(C(=O)c1cccs1)c1nc(C2(c3ccccc3)C=CON2)cs1. The molecule has 2 unspecified atom stereocenters. The molecule has 0 saturated carbocycles. The number of nitrogens with zero attached hydrogens (tertiary/aromatic N) is 3. The van der Waals surface area contributed by atoms with E-state index in [-0.39, 0.29) is 17.9 Å². The van der Waals surface area contributed by atoms with Crippen molar-refractivity contribution in [2.75, 3.05) is 24.5 Å². The summed E-state index contributed by atoms with van der Waals surface area (Å²) in [5.41, 5.74) is 5.87. The van der Waals surface area contributed by atoms with Crippen LogP contribution in [0.1, 0.15) is 46.6 Å². The van der Waals surface area contributed by atoms with Crippen molar-refractivity contribution in [3.63, 3.8) is 0 Å². The van der Waals surface area contributed by atoms with Crippen LogP contribution in [0.5, 0.6) is 0 Å². The lowest BCUT2D eigenvalue weighted by Gasteiger charge is -2.34. The van der Waals surface area contributed by atoms with Crippen LogP contribution in [0, 0.1) is 0 Å². The minimum atomic E-state index is -0.744. The van der Waals surface area contributed by atoms with Crippen LogP contribution in [0.25, 0.3) is 0 Å². The molecule has 2 aliphatic rings. The van der Waals surface area contributed by atoms with Crippen molar-refractivity contribution >= 4 is 39.6 Å². The molecule has 2 aromatic heterocycles. The first-order chi connectivity index (χ1) is 18.1. The van der Waals surface area contributed by atoms with Crippen molar-refractivity contribution in [3.8, 4) is 0 Å². The Hall–Kier alpha value is -3.09. The molecule has 0 radical (unpaired) electrons. The zero-order chi connectivity index (χ0) is 25.7. The van der Waals surface area contributed by atoms with E-state index in [0.29, 0.717) is 35.9 Å². The Labute approximate surface area is 223 Å². The quantitative estimate of drug-likeness (QED) is 0.280. The number of hydrogen-bond acceptors (Lipinski definition) is 9. The number of likely N-dealkylation sites (tertiary alicyclic amines) is 1. The normalized spacial score (nSPS) is 21.5. The minimum Gasteiger partial charge on any atom is -0.415 e. The number of thiazole rings is 1. The van der Waals surface area contributed by atoms with Crippen molar-refractivity contribution < 1.29 is 19.6 Å². The summed E-state index contributed by atoms with van der Waals surface area (Å²) in [5.74, 6) is -0.472. The molecule has 3 N–H and O–H groups in total. The third-order valence-electron chi connectivity index (χ3n) is 6.79. The van der Waals surface area contributed by atoms with Gasteiger partial charge in [0.25, 0.3) is 11.8 Å². The lowest BCUT2D eigenvalue weighted by atomic mass is 9.88. The number of piperidine rings is 1. The molecule has 2 amide bonds. The third-order valence-corrected chi connectivity index (χ3v) is 8.51. The molecule has 9 nitrogen and oxygen atoms in total. The number of anilines is 1. The summed E-state index contributed by atoms with van der Waals surface area (Å²) in [7, 11) is 0. The Morgan fingerprint density at radius 3 is 2.81 bits per heavy atom. The molecule has 4 heterocycles. The molecule has 2 atom stereocenters. The van der Waals surface area contributed by atoms with E-state index >= 15 is 0 Å². The van der Waals surface area contributed by atoms with Crippen molar-refractivity contribution in [2.45, 2.75) is 37.3 Å². The highest BCUT2D eigenvalue weighted by Crippen LogP contribution is 2.37. The van der Waals surface area contributed by atoms with E-state index in [4.69, 9.17) is 15.0 Å². The largest absolute Gasteiger partial charge is 0.415 e. The van der Waals surface area contributed by atoms with Crippen LogP contribution in [-0.4, -0.2) is 52.6 Å². The van der Waals surface area contributed by atoms with Gasteiger partial charge in [0, 0.05) is 18.5 Å². The Morgan fingerprint density at radius 2 is 2.08 bits per heavy atom. The maximum absolute atomic E-state index is 13.5. The number of hydrogen-bond donors (Lipinski definition) is 3. The molecule has 37 heavy (non-hydrogen) atoms. The number of benzene rings is 1. The highest BCUT2D eigenvalue weighted by molar-refractivity contribution is 7.14. The maximum atomic E-state index is 13.5. The fourth-order valence-electron chi connectivity index (χ4n) is 4.89. The standard InChI is InChI=1S/C26H29N5O4S2/c32-23(28-34)20-10-4-5-13-30(20)14-7-15-31(24(33)21-11-6-17-36-21)25-27-22(18-37-25)26(12-16-35-29-26)19-8-2-1-3-9-19/h1-3,6,8-9,11-12,16-18,20,29,34H,4-5,7,10,13-15H2,(H,28,32). The Bertz CT molecular complexity index is 1230. The smallest absolute Gasteiger partial charge is 0.270 e. The molecule has 0 bridgehead atoms. The summed E-state index contributed by atoms with van der Waals surface area (Å²) >= 11 is 2.82. The second kappa shape index (κ2) is 11.5. The summed E-state index contributed by atoms with van der Waals surface area (Å²) in [6.45, 7) is 1.87. The van der Waals surface area contributed by atoms with E-state index in [0.717, 1.165) is 30.6 Å². The number of hydroxylamine groups is 2. The number of aromatic nitrogens is 1. The predicted octanol–water partition coefficient (Wildman–Crippen LogP) is 3.89. The molecule has 2 aliphatic heterocycles. The van der Waals surface area contributed by atoms with E-state index in [1.165, 1.54) is 22.7 Å². The molecule has 1 aromatic carbocycles. The zero-order valence-corrected chi connectivity index (χ0v) is 21.8. The highest BCUT2D eigenvalue weighted by Gasteiger charge is 2.39. The average Bonchev–Trinajstić information content (AvgIpc) is 3.73. The van der Waals surface area contributed by atoms with Crippen LogP contribution in [0.15, 0.2) is 65.6 Å². The van der Waals surface area contributed by atoms with E-state index in [9.17, 15) is 9.59 Å². The first kappa shape index (κ1) is 25.6. The molecular formula is C26H29N5O4S2. The zero-order valence-electron chi connectivity index (χ0n) is 20.2. The van der Waals surface area contributed by atoms with Gasteiger partial charge in [-0.2, -0.15) is 0 Å². The van der Waals surface area contributed by atoms with Gasteiger partial charge in [-0.15, -0.1) is 28.2 Å². The Balaban J connectivity index is 1.37. The Morgan fingerprint density at radius 1 is 1.22 bits per heavy atom. The van der Waals surface area contributed by atoms with Crippen LogP contribution >= 0.6 is 22.7 Å². The lowest BCUT2D eigenvalue weighted by Crippen LogP contribution is -2.49. The lowest BCUT2D eigenvalue weighted by molar-refractivity contribution is -0.136. The minimum absolute atomic E-state index is 0.0980. The van der Waals surface area contributed by atoms with Gasteiger partial charge in [-0.05, 0) is 48.9 Å². The second-order valence-electron chi connectivity index (χ2n) is 9.02. The van der Waals surface area contributed by atoms with Crippen LogP contribution in [0.4, 0.5) is 5.13 Å². The summed E-state index contributed by atoms with van der Waals surface area (Å²) in [6.07, 6.45) is 6.87. The number of carbonyl (C=O) groups is 2. The van der Waals surface area contributed by atoms with Crippen molar-refractivity contribution in [3.05, 3.63) is 81.7 Å². The van der Waals surface area contributed by atoms with Gasteiger partial charge in [-0.25, -0.2) is 10.5 Å². The van der Waals surface area contributed by atoms with Gasteiger partial charge in [-0.1, -0.05) is 42.8 Å². The fourth-order valence-corrected chi connectivity index (χ4v) is 6.47. The van der Waals surface area contributed by atoms with E-state index in [2.05, 4.69) is 10.4 Å². The number of nitrogens with one attached hydrogen (secondary N) is 2. The van der Waals surface area contributed by atoms with Gasteiger partial charge in [0.2, 0.25) is 0 Å².